The second kappa shape index (κ2) is 12.6. The van der Waals surface area contributed by atoms with Gasteiger partial charge in [-0.3, -0.25) is 9.69 Å². The van der Waals surface area contributed by atoms with E-state index in [1.807, 2.05) is 79.8 Å². The Balaban J connectivity index is 1.78. The minimum absolute atomic E-state index is 0.218. The molecule has 2 aliphatic rings. The third-order valence-corrected chi connectivity index (χ3v) is 6.97. The van der Waals surface area contributed by atoms with Crippen LogP contribution in [0.3, 0.4) is 0 Å². The van der Waals surface area contributed by atoms with Gasteiger partial charge in [0, 0.05) is 25.5 Å². The van der Waals surface area contributed by atoms with Crippen LogP contribution in [0, 0.1) is 6.92 Å². The number of carbonyl (C=O) groups is 2. The van der Waals surface area contributed by atoms with Crippen LogP contribution in [0.25, 0.3) is 0 Å². The van der Waals surface area contributed by atoms with Gasteiger partial charge in [-0.1, -0.05) is 36.4 Å². The molecule has 8 nitrogen and oxygen atoms in total. The minimum atomic E-state index is -0.533. The molecule has 2 aliphatic heterocycles. The number of carbonyl (C=O) groups excluding carboxylic acids is 2. The largest absolute Gasteiger partial charge is 0.449 e. The molecular weight excluding hydrogens is 476 g/mol. The van der Waals surface area contributed by atoms with Crippen LogP contribution in [-0.4, -0.2) is 65.4 Å². The zero-order valence-electron chi connectivity index (χ0n) is 21.4. The van der Waals surface area contributed by atoms with Crippen LogP contribution in [0.4, 0.5) is 4.79 Å². The fourth-order valence-electron chi connectivity index (χ4n) is 3.97. The van der Waals surface area contributed by atoms with E-state index in [4.69, 9.17) is 15.2 Å². The predicted octanol–water partition coefficient (Wildman–Crippen LogP) is 4.31. The molecule has 0 radical (unpaired) electrons. The first-order valence-corrected chi connectivity index (χ1v) is 13.1. The van der Waals surface area contributed by atoms with Gasteiger partial charge in [-0.05, 0) is 49.8 Å². The lowest BCUT2D eigenvalue weighted by Crippen LogP contribution is -2.37. The molecule has 1 aromatic rings. The number of likely N-dealkylation sites (N-methyl/N-ethyl adjacent to an activating group) is 1. The number of aliphatic imine (C=N–C) groups is 1. The summed E-state index contributed by atoms with van der Waals surface area (Å²) in [6.45, 7) is 6.69. The zero-order valence-corrected chi connectivity index (χ0v) is 22.2. The standard InChI is InChI=1S/C27H34N4O4S/c1-6-34-27(33)30(4)21-13-14-31-17-20(16-29-24(31)15-21)11-12-23(25(36-5)26(28)32)35-19(3)22-10-8-7-9-18(22)2/h7-16,19,23,25H,6,17H2,1-5H3,(H2,28,32)/b12-11+. The highest BCUT2D eigenvalue weighted by atomic mass is 32.2. The first-order valence-electron chi connectivity index (χ1n) is 11.8. The lowest BCUT2D eigenvalue weighted by molar-refractivity contribution is -0.120. The minimum Gasteiger partial charge on any atom is -0.449 e. The Hall–Kier alpha value is -3.30. The molecular formula is C27H34N4O4S. The molecule has 3 rings (SSSR count). The quantitative estimate of drug-likeness (QED) is 0.504. The molecule has 0 saturated carbocycles. The molecule has 9 heteroatoms. The van der Waals surface area contributed by atoms with E-state index in [2.05, 4.69) is 4.99 Å². The molecule has 3 unspecified atom stereocenters. The smallest absolute Gasteiger partial charge is 0.413 e. The highest BCUT2D eigenvalue weighted by molar-refractivity contribution is 8.00. The maximum atomic E-state index is 12.2. The monoisotopic (exact) mass is 510 g/mol. The second-order valence-corrected chi connectivity index (χ2v) is 9.46. The van der Waals surface area contributed by atoms with Crippen molar-refractivity contribution in [3.8, 4) is 0 Å². The number of ether oxygens (including phenoxy) is 2. The second-order valence-electron chi connectivity index (χ2n) is 8.48. The number of fused-ring (bicyclic) bond motifs is 1. The van der Waals surface area contributed by atoms with Gasteiger partial charge in [0.1, 0.15) is 11.1 Å². The van der Waals surface area contributed by atoms with Gasteiger partial charge in [-0.15, -0.1) is 11.8 Å². The number of rotatable bonds is 10. The summed E-state index contributed by atoms with van der Waals surface area (Å²) in [7, 11) is 1.66. The number of thioether (sulfide) groups is 1. The van der Waals surface area contributed by atoms with Crippen LogP contribution in [0.5, 0.6) is 0 Å². The molecule has 2 amide bonds. The van der Waals surface area contributed by atoms with E-state index < -0.39 is 23.4 Å². The average Bonchev–Trinajstić information content (AvgIpc) is 2.86. The van der Waals surface area contributed by atoms with Crippen LogP contribution >= 0.6 is 11.8 Å². The van der Waals surface area contributed by atoms with Crippen molar-refractivity contribution in [2.75, 3.05) is 26.5 Å². The topological polar surface area (TPSA) is 97.5 Å². The molecule has 0 aliphatic carbocycles. The molecule has 0 bridgehead atoms. The lowest BCUT2D eigenvalue weighted by atomic mass is 10.0. The number of nitrogens with two attached hydrogens (primary N) is 1. The average molecular weight is 511 g/mol. The highest BCUT2D eigenvalue weighted by Crippen LogP contribution is 2.27. The van der Waals surface area contributed by atoms with Crippen molar-refractivity contribution in [3.63, 3.8) is 0 Å². The number of aryl methyl sites for hydroxylation is 1. The van der Waals surface area contributed by atoms with Crippen molar-refractivity contribution >= 4 is 29.6 Å². The van der Waals surface area contributed by atoms with Gasteiger partial charge in [-0.2, -0.15) is 0 Å². The van der Waals surface area contributed by atoms with E-state index in [1.165, 1.54) is 16.7 Å². The van der Waals surface area contributed by atoms with E-state index in [0.717, 1.165) is 22.5 Å². The van der Waals surface area contributed by atoms with Gasteiger partial charge in [0.15, 0.2) is 0 Å². The number of primary amides is 1. The summed E-state index contributed by atoms with van der Waals surface area (Å²) in [4.78, 5) is 32.2. The summed E-state index contributed by atoms with van der Waals surface area (Å²) < 4.78 is 11.4. The van der Waals surface area contributed by atoms with Crippen molar-refractivity contribution in [2.45, 2.75) is 38.2 Å². The normalized spacial score (nSPS) is 17.5. The van der Waals surface area contributed by atoms with Gasteiger partial charge in [-0.25, -0.2) is 9.79 Å². The van der Waals surface area contributed by atoms with Crippen molar-refractivity contribution in [3.05, 3.63) is 83.4 Å². The third-order valence-electron chi connectivity index (χ3n) is 5.96. The maximum absolute atomic E-state index is 12.2. The number of amides is 2. The van der Waals surface area contributed by atoms with Crippen LogP contribution in [0.2, 0.25) is 0 Å². The maximum Gasteiger partial charge on any atom is 0.413 e. The molecule has 0 fully saturated rings. The molecule has 36 heavy (non-hydrogen) atoms. The first kappa shape index (κ1) is 27.3. The van der Waals surface area contributed by atoms with Gasteiger partial charge in [0.25, 0.3) is 0 Å². The summed E-state index contributed by atoms with van der Waals surface area (Å²) in [5.74, 6) is 0.301. The Morgan fingerprint density at radius 1 is 1.33 bits per heavy atom. The molecule has 2 heterocycles. The van der Waals surface area contributed by atoms with E-state index in [9.17, 15) is 9.59 Å². The van der Waals surface area contributed by atoms with Gasteiger partial charge in [0.2, 0.25) is 5.91 Å². The number of benzene rings is 1. The summed E-state index contributed by atoms with van der Waals surface area (Å²) in [5, 5.41) is -0.533. The number of hydrogen-bond acceptors (Lipinski definition) is 7. The number of amidine groups is 1. The fourth-order valence-corrected chi connectivity index (χ4v) is 4.62. The van der Waals surface area contributed by atoms with Gasteiger partial charge < -0.3 is 20.1 Å². The summed E-state index contributed by atoms with van der Waals surface area (Å²) in [6, 6.07) is 8.04. The number of nitrogens with zero attached hydrogens (tertiary/aromatic N) is 3. The predicted molar refractivity (Wildman–Crippen MR) is 144 cm³/mol. The molecule has 192 valence electrons. The van der Waals surface area contributed by atoms with Gasteiger partial charge in [0.05, 0.1) is 31.1 Å². The van der Waals surface area contributed by atoms with E-state index in [1.54, 1.807) is 20.2 Å². The SMILES string of the molecule is CCOC(=O)N(C)C1=CC2=NC=C(/C=C/C(OC(C)c3ccccc3C)C(SC)C(N)=O)CN2C=C1. The zero-order chi connectivity index (χ0) is 26.2. The summed E-state index contributed by atoms with van der Waals surface area (Å²) in [5.41, 5.74) is 9.53. The number of hydrogen-bond donors (Lipinski definition) is 1. The number of allylic oxidation sites excluding steroid dienone is 1. The van der Waals surface area contributed by atoms with Crippen LogP contribution in [0.15, 0.2) is 77.2 Å². The lowest BCUT2D eigenvalue weighted by Gasteiger charge is -2.29. The first-order chi connectivity index (χ1) is 17.2. The van der Waals surface area contributed by atoms with Crippen molar-refractivity contribution in [2.24, 2.45) is 10.7 Å². The molecule has 3 atom stereocenters. The summed E-state index contributed by atoms with van der Waals surface area (Å²) in [6.07, 6.45) is 11.9. The van der Waals surface area contributed by atoms with Gasteiger partial charge >= 0.3 is 6.09 Å². The third kappa shape index (κ3) is 6.67. The molecule has 2 N–H and O–H groups in total. The van der Waals surface area contributed by atoms with Crippen LogP contribution < -0.4 is 5.73 Å². The molecule has 0 spiro atoms. The van der Waals surface area contributed by atoms with Crippen molar-refractivity contribution in [1.29, 1.82) is 0 Å². The molecule has 1 aromatic carbocycles. The van der Waals surface area contributed by atoms with E-state index >= 15 is 0 Å². The Labute approximate surface area is 217 Å². The Kier molecular flexibility index (Phi) is 9.55. The highest BCUT2D eigenvalue weighted by Gasteiger charge is 2.27. The Bertz CT molecular complexity index is 1120. The van der Waals surface area contributed by atoms with Crippen LogP contribution in [-0.2, 0) is 14.3 Å². The Morgan fingerprint density at radius 2 is 2.08 bits per heavy atom. The molecule has 0 saturated heterocycles. The van der Waals surface area contributed by atoms with Crippen LogP contribution in [0.1, 0.15) is 31.1 Å². The summed E-state index contributed by atoms with van der Waals surface area (Å²) >= 11 is 1.37. The van der Waals surface area contributed by atoms with Crippen molar-refractivity contribution < 1.29 is 19.1 Å². The van der Waals surface area contributed by atoms with E-state index in [-0.39, 0.29) is 6.10 Å². The Morgan fingerprint density at radius 3 is 2.75 bits per heavy atom. The molecule has 0 aromatic heterocycles. The van der Waals surface area contributed by atoms with E-state index in [0.29, 0.717) is 18.8 Å². The van der Waals surface area contributed by atoms with Crippen molar-refractivity contribution in [1.82, 2.24) is 9.80 Å². The fraction of sp³-hybridized carbons (Fsp3) is 0.370.